The highest BCUT2D eigenvalue weighted by Crippen LogP contribution is 2.29. The fraction of sp³-hybridized carbons (Fsp3) is 0.500. The number of nitrogen functional groups attached to an aromatic ring is 1. The fourth-order valence-corrected chi connectivity index (χ4v) is 3.66. The van der Waals surface area contributed by atoms with Gasteiger partial charge in [0.1, 0.15) is 9.86 Å². The summed E-state index contributed by atoms with van der Waals surface area (Å²) in [6, 6.07) is 2.07. The minimum Gasteiger partial charge on any atom is -0.303 e. The lowest BCUT2D eigenvalue weighted by molar-refractivity contribution is 0.324. The lowest BCUT2D eigenvalue weighted by atomic mass is 10.4. The van der Waals surface area contributed by atoms with E-state index in [0.29, 0.717) is 5.95 Å². The minimum absolute atomic E-state index is 0.486. The average molecular weight is 297 g/mol. The van der Waals surface area contributed by atoms with Gasteiger partial charge >= 0.3 is 0 Å². The molecule has 0 radical (unpaired) electrons. The van der Waals surface area contributed by atoms with Crippen LogP contribution < -0.4 is 11.3 Å². The quantitative estimate of drug-likeness (QED) is 0.354. The van der Waals surface area contributed by atoms with Crippen molar-refractivity contribution >= 4 is 39.3 Å². The van der Waals surface area contributed by atoms with E-state index in [1.165, 1.54) is 0 Å². The first-order chi connectivity index (χ1) is 9.28. The first-order valence-electron chi connectivity index (χ1n) is 6.35. The summed E-state index contributed by atoms with van der Waals surface area (Å²) in [7, 11) is 0. The molecule has 5 nitrogen and oxygen atoms in total. The molecule has 104 valence electrons. The van der Waals surface area contributed by atoms with Crippen LogP contribution in [0.4, 0.5) is 5.95 Å². The molecule has 0 unspecified atom stereocenters. The van der Waals surface area contributed by atoms with Crippen LogP contribution in [-0.2, 0) is 0 Å². The molecule has 0 saturated carbocycles. The average Bonchev–Trinajstić information content (AvgIpc) is 2.91. The molecule has 7 heteroatoms. The fourth-order valence-electron chi connectivity index (χ4n) is 1.81. The van der Waals surface area contributed by atoms with E-state index in [1.807, 2.05) is 5.38 Å². The van der Waals surface area contributed by atoms with E-state index in [2.05, 4.69) is 40.2 Å². The number of hydrazine groups is 1. The Morgan fingerprint density at radius 3 is 2.84 bits per heavy atom. The van der Waals surface area contributed by atoms with Crippen molar-refractivity contribution in [2.45, 2.75) is 18.9 Å². The second-order valence-electron chi connectivity index (χ2n) is 4.01. The summed E-state index contributed by atoms with van der Waals surface area (Å²) in [6.45, 7) is 7.62. The monoisotopic (exact) mass is 297 g/mol. The van der Waals surface area contributed by atoms with Gasteiger partial charge in [-0.3, -0.25) is 5.43 Å². The molecule has 2 heterocycles. The smallest absolute Gasteiger partial charge is 0.239 e. The van der Waals surface area contributed by atoms with Gasteiger partial charge in [-0.1, -0.05) is 13.8 Å². The summed E-state index contributed by atoms with van der Waals surface area (Å²) in [6.07, 6.45) is 0. The summed E-state index contributed by atoms with van der Waals surface area (Å²) in [5.41, 5.74) is 2.53. The maximum atomic E-state index is 5.41. The third-order valence-electron chi connectivity index (χ3n) is 2.96. The number of thiophene rings is 1. The topological polar surface area (TPSA) is 67.1 Å². The predicted octanol–water partition coefficient (Wildman–Crippen LogP) is 2.41. The first kappa shape index (κ1) is 14.5. The third kappa shape index (κ3) is 3.56. The standard InChI is InChI=1S/C12H19N5S2/c1-3-17(4-2)6-8-19-11-9-5-7-18-10(9)14-12(15-11)16-13/h5,7H,3-4,6,8,13H2,1-2H3,(H,14,15,16). The van der Waals surface area contributed by atoms with Crippen molar-refractivity contribution in [2.24, 2.45) is 5.84 Å². The number of nitrogens with zero attached hydrogens (tertiary/aromatic N) is 3. The SMILES string of the molecule is CCN(CC)CCSc1nc(NN)nc2sccc12. The zero-order valence-corrected chi connectivity index (χ0v) is 12.9. The van der Waals surface area contributed by atoms with Crippen LogP contribution >= 0.6 is 23.1 Å². The number of hydrogen-bond acceptors (Lipinski definition) is 7. The Morgan fingerprint density at radius 1 is 1.37 bits per heavy atom. The number of fused-ring (bicyclic) bond motifs is 1. The predicted molar refractivity (Wildman–Crippen MR) is 83.7 cm³/mol. The van der Waals surface area contributed by atoms with E-state index in [4.69, 9.17) is 5.84 Å². The molecule has 2 aromatic rings. The molecule has 0 saturated heterocycles. The number of anilines is 1. The van der Waals surface area contributed by atoms with Gasteiger partial charge in [-0.05, 0) is 24.5 Å². The van der Waals surface area contributed by atoms with Crippen LogP contribution in [0.2, 0.25) is 0 Å². The molecule has 0 amide bonds. The van der Waals surface area contributed by atoms with Crippen molar-refractivity contribution in [1.29, 1.82) is 0 Å². The van der Waals surface area contributed by atoms with Crippen molar-refractivity contribution in [1.82, 2.24) is 14.9 Å². The van der Waals surface area contributed by atoms with Gasteiger partial charge in [-0.2, -0.15) is 0 Å². The number of nitrogens with two attached hydrogens (primary N) is 1. The summed E-state index contributed by atoms with van der Waals surface area (Å²) in [4.78, 5) is 12.2. The second-order valence-corrected chi connectivity index (χ2v) is 5.99. The maximum absolute atomic E-state index is 5.41. The Labute approximate surface area is 121 Å². The summed E-state index contributed by atoms with van der Waals surface area (Å²) in [5.74, 6) is 6.92. The summed E-state index contributed by atoms with van der Waals surface area (Å²) < 4.78 is 0. The maximum Gasteiger partial charge on any atom is 0.239 e. The highest BCUT2D eigenvalue weighted by molar-refractivity contribution is 7.99. The Bertz CT molecular complexity index is 524. The van der Waals surface area contributed by atoms with Crippen molar-refractivity contribution in [3.8, 4) is 0 Å². The molecular formula is C12H19N5S2. The Kier molecular flexibility index (Phi) is 5.38. The molecule has 0 bridgehead atoms. The molecule has 0 aliphatic rings. The Hall–Kier alpha value is -0.890. The van der Waals surface area contributed by atoms with Crippen LogP contribution in [0.15, 0.2) is 16.5 Å². The molecule has 0 aliphatic carbocycles. The van der Waals surface area contributed by atoms with Gasteiger partial charge in [0.2, 0.25) is 5.95 Å². The van der Waals surface area contributed by atoms with Gasteiger partial charge in [0.25, 0.3) is 0 Å². The number of hydrogen-bond donors (Lipinski definition) is 2. The Balaban J connectivity index is 2.08. The first-order valence-corrected chi connectivity index (χ1v) is 8.22. The molecule has 3 N–H and O–H groups in total. The lowest BCUT2D eigenvalue weighted by Crippen LogP contribution is -2.25. The molecule has 0 aliphatic heterocycles. The third-order valence-corrected chi connectivity index (χ3v) is 4.74. The number of aromatic nitrogens is 2. The van der Waals surface area contributed by atoms with Crippen LogP contribution in [0, 0.1) is 0 Å². The van der Waals surface area contributed by atoms with E-state index in [9.17, 15) is 0 Å². The summed E-state index contributed by atoms with van der Waals surface area (Å²) >= 11 is 3.37. The van der Waals surface area contributed by atoms with Gasteiger partial charge in [-0.15, -0.1) is 23.1 Å². The van der Waals surface area contributed by atoms with Crippen molar-refractivity contribution in [2.75, 3.05) is 30.8 Å². The number of nitrogens with one attached hydrogen (secondary N) is 1. The van der Waals surface area contributed by atoms with Crippen molar-refractivity contribution < 1.29 is 0 Å². The van der Waals surface area contributed by atoms with E-state index < -0.39 is 0 Å². The van der Waals surface area contributed by atoms with Crippen LogP contribution in [-0.4, -0.2) is 40.3 Å². The van der Waals surface area contributed by atoms with E-state index in [-0.39, 0.29) is 0 Å². The van der Waals surface area contributed by atoms with Gasteiger partial charge < -0.3 is 4.90 Å². The lowest BCUT2D eigenvalue weighted by Gasteiger charge is -2.17. The van der Waals surface area contributed by atoms with Crippen LogP contribution in [0.3, 0.4) is 0 Å². The van der Waals surface area contributed by atoms with E-state index in [1.54, 1.807) is 23.1 Å². The zero-order valence-electron chi connectivity index (χ0n) is 11.2. The zero-order chi connectivity index (χ0) is 13.7. The minimum atomic E-state index is 0.486. The molecule has 0 spiro atoms. The number of rotatable bonds is 7. The molecule has 0 fully saturated rings. The van der Waals surface area contributed by atoms with Gasteiger partial charge in [0.15, 0.2) is 0 Å². The van der Waals surface area contributed by atoms with Crippen LogP contribution in [0.1, 0.15) is 13.8 Å². The summed E-state index contributed by atoms with van der Waals surface area (Å²) in [5, 5.41) is 4.16. The second kappa shape index (κ2) is 7.04. The van der Waals surface area contributed by atoms with Crippen LogP contribution in [0.5, 0.6) is 0 Å². The van der Waals surface area contributed by atoms with E-state index >= 15 is 0 Å². The molecule has 0 atom stereocenters. The molecular weight excluding hydrogens is 278 g/mol. The van der Waals surface area contributed by atoms with Crippen molar-refractivity contribution in [3.05, 3.63) is 11.4 Å². The van der Waals surface area contributed by atoms with Gasteiger partial charge in [0, 0.05) is 17.7 Å². The molecule has 2 rings (SSSR count). The van der Waals surface area contributed by atoms with Gasteiger partial charge in [-0.25, -0.2) is 15.8 Å². The number of thioether (sulfide) groups is 1. The van der Waals surface area contributed by atoms with Gasteiger partial charge in [0.05, 0.1) is 0 Å². The Morgan fingerprint density at radius 2 is 2.16 bits per heavy atom. The highest BCUT2D eigenvalue weighted by Gasteiger charge is 2.09. The normalized spacial score (nSPS) is 11.4. The molecule has 19 heavy (non-hydrogen) atoms. The molecule has 2 aromatic heterocycles. The van der Waals surface area contributed by atoms with E-state index in [0.717, 1.165) is 40.6 Å². The largest absolute Gasteiger partial charge is 0.303 e. The highest BCUT2D eigenvalue weighted by atomic mass is 32.2. The van der Waals surface area contributed by atoms with Crippen LogP contribution in [0.25, 0.3) is 10.2 Å². The van der Waals surface area contributed by atoms with Crippen molar-refractivity contribution in [3.63, 3.8) is 0 Å². The molecule has 0 aromatic carbocycles.